The van der Waals surface area contributed by atoms with Crippen LogP contribution in [-0.2, 0) is 0 Å². The largest absolute Gasteiger partial charge is 0.497 e. The van der Waals surface area contributed by atoms with E-state index in [0.717, 1.165) is 28.1 Å². The molecule has 3 rings (SSSR count). The first kappa shape index (κ1) is 12.3. The Morgan fingerprint density at radius 3 is 2.60 bits per heavy atom. The summed E-state index contributed by atoms with van der Waals surface area (Å²) in [6.07, 6.45) is 1.71. The van der Waals surface area contributed by atoms with Crippen LogP contribution < -0.4 is 10.5 Å². The van der Waals surface area contributed by atoms with Crippen molar-refractivity contribution in [1.29, 1.82) is 0 Å². The third-order valence-corrected chi connectivity index (χ3v) is 3.18. The normalized spacial score (nSPS) is 10.7. The molecule has 1 aromatic carbocycles. The lowest BCUT2D eigenvalue weighted by Crippen LogP contribution is -1.89. The van der Waals surface area contributed by atoms with Crippen molar-refractivity contribution in [1.82, 2.24) is 15.4 Å². The number of aromatic amines is 1. The van der Waals surface area contributed by atoms with E-state index in [9.17, 15) is 0 Å². The number of anilines is 1. The fourth-order valence-electron chi connectivity index (χ4n) is 2.11. The maximum Gasteiger partial charge on any atom is 0.230 e. The van der Waals surface area contributed by atoms with E-state index >= 15 is 0 Å². The highest BCUT2D eigenvalue weighted by molar-refractivity contribution is 5.87. The van der Waals surface area contributed by atoms with Crippen LogP contribution in [0, 0.1) is 6.92 Å². The minimum Gasteiger partial charge on any atom is -0.497 e. The molecule has 0 spiro atoms. The summed E-state index contributed by atoms with van der Waals surface area (Å²) in [5.41, 5.74) is 10.0. The number of nitrogen functional groups attached to an aromatic ring is 1. The zero-order chi connectivity index (χ0) is 14.1. The molecule has 3 N–H and O–H groups in total. The summed E-state index contributed by atoms with van der Waals surface area (Å²) in [6.45, 7) is 1.92. The first-order valence-corrected chi connectivity index (χ1v) is 6.10. The molecule has 0 unspecified atom stereocenters. The van der Waals surface area contributed by atoms with E-state index in [1.807, 2.05) is 31.2 Å². The summed E-state index contributed by atoms with van der Waals surface area (Å²) in [5.74, 6) is 1.07. The van der Waals surface area contributed by atoms with Gasteiger partial charge in [-0.05, 0) is 24.6 Å². The lowest BCUT2D eigenvalue weighted by molar-refractivity contribution is 0.415. The maximum absolute atomic E-state index is 5.91. The van der Waals surface area contributed by atoms with Crippen molar-refractivity contribution in [2.24, 2.45) is 0 Å². The molecule has 3 aromatic rings. The Hall–Kier alpha value is -2.76. The molecule has 0 saturated carbocycles. The summed E-state index contributed by atoms with van der Waals surface area (Å²) in [4.78, 5) is 0. The Bertz CT molecular complexity index is 728. The number of aromatic nitrogens is 3. The summed E-state index contributed by atoms with van der Waals surface area (Å²) >= 11 is 0. The predicted molar refractivity (Wildman–Crippen MR) is 75.2 cm³/mol. The van der Waals surface area contributed by atoms with Gasteiger partial charge in [0.1, 0.15) is 11.4 Å². The molecule has 2 heterocycles. The highest BCUT2D eigenvalue weighted by atomic mass is 16.5. The second-order valence-electron chi connectivity index (χ2n) is 4.41. The first-order valence-electron chi connectivity index (χ1n) is 6.10. The Morgan fingerprint density at radius 2 is 2.00 bits per heavy atom. The molecule has 6 nitrogen and oxygen atoms in total. The molecular formula is C14H14N4O2. The van der Waals surface area contributed by atoms with Crippen molar-refractivity contribution in [3.63, 3.8) is 0 Å². The molecule has 20 heavy (non-hydrogen) atoms. The SMILES string of the molecule is COc1ccc(-c2c(-c3cn[nH]c3C)noc2N)cc1. The van der Waals surface area contributed by atoms with Crippen molar-refractivity contribution in [2.45, 2.75) is 6.92 Å². The number of nitrogens with one attached hydrogen (secondary N) is 1. The molecule has 6 heteroatoms. The van der Waals surface area contributed by atoms with Gasteiger partial charge in [-0.3, -0.25) is 5.10 Å². The van der Waals surface area contributed by atoms with Gasteiger partial charge in [0.2, 0.25) is 5.88 Å². The molecule has 0 aliphatic carbocycles. The molecule has 0 atom stereocenters. The average molecular weight is 270 g/mol. The van der Waals surface area contributed by atoms with Gasteiger partial charge in [0.05, 0.1) is 18.9 Å². The highest BCUT2D eigenvalue weighted by Gasteiger charge is 2.19. The molecule has 0 aliphatic heterocycles. The molecule has 0 amide bonds. The summed E-state index contributed by atoms with van der Waals surface area (Å²) in [7, 11) is 1.63. The number of hydrogen-bond donors (Lipinski definition) is 2. The topological polar surface area (TPSA) is 90.0 Å². The van der Waals surface area contributed by atoms with Crippen LogP contribution in [0.25, 0.3) is 22.4 Å². The number of rotatable bonds is 3. The zero-order valence-electron chi connectivity index (χ0n) is 11.2. The molecule has 0 fully saturated rings. The lowest BCUT2D eigenvalue weighted by Gasteiger charge is -2.04. The zero-order valence-corrected chi connectivity index (χ0v) is 11.2. The molecule has 0 bridgehead atoms. The van der Waals surface area contributed by atoms with Crippen molar-refractivity contribution < 1.29 is 9.26 Å². The summed E-state index contributed by atoms with van der Waals surface area (Å²) in [6, 6.07) is 7.57. The van der Waals surface area contributed by atoms with Crippen LogP contribution in [0.1, 0.15) is 5.69 Å². The summed E-state index contributed by atoms with van der Waals surface area (Å²) < 4.78 is 10.3. The van der Waals surface area contributed by atoms with Crippen LogP contribution in [0.15, 0.2) is 35.0 Å². The number of ether oxygens (including phenoxy) is 1. The summed E-state index contributed by atoms with van der Waals surface area (Å²) in [5, 5.41) is 10.9. The van der Waals surface area contributed by atoms with Crippen LogP contribution in [-0.4, -0.2) is 22.5 Å². The standard InChI is InChI=1S/C14H14N4O2/c1-8-11(7-16-17-8)13-12(14(15)20-18-13)9-3-5-10(19-2)6-4-9/h3-7H,15H2,1-2H3,(H,16,17). The fourth-order valence-corrected chi connectivity index (χ4v) is 2.11. The van der Waals surface area contributed by atoms with Crippen molar-refractivity contribution >= 4 is 5.88 Å². The average Bonchev–Trinajstić information content (AvgIpc) is 3.05. The van der Waals surface area contributed by atoms with Crippen LogP contribution >= 0.6 is 0 Å². The van der Waals surface area contributed by atoms with Gasteiger partial charge in [0.25, 0.3) is 0 Å². The van der Waals surface area contributed by atoms with Crippen molar-refractivity contribution in [2.75, 3.05) is 12.8 Å². The van der Waals surface area contributed by atoms with E-state index in [1.165, 1.54) is 0 Å². The van der Waals surface area contributed by atoms with E-state index in [0.29, 0.717) is 5.69 Å². The number of nitrogens with two attached hydrogens (primary N) is 1. The van der Waals surface area contributed by atoms with Gasteiger partial charge in [0.15, 0.2) is 0 Å². The number of hydrogen-bond acceptors (Lipinski definition) is 5. The van der Waals surface area contributed by atoms with E-state index in [4.69, 9.17) is 15.0 Å². The maximum atomic E-state index is 5.91. The highest BCUT2D eigenvalue weighted by Crippen LogP contribution is 2.37. The Morgan fingerprint density at radius 1 is 1.25 bits per heavy atom. The molecule has 0 radical (unpaired) electrons. The van der Waals surface area contributed by atoms with Crippen molar-refractivity contribution in [3.05, 3.63) is 36.2 Å². The number of nitrogens with zero attached hydrogens (tertiary/aromatic N) is 2. The molecule has 0 saturated heterocycles. The van der Waals surface area contributed by atoms with Gasteiger partial charge >= 0.3 is 0 Å². The Kier molecular flexibility index (Phi) is 2.90. The molecular weight excluding hydrogens is 256 g/mol. The van der Waals surface area contributed by atoms with Gasteiger partial charge in [-0.25, -0.2) is 0 Å². The number of benzene rings is 1. The predicted octanol–water partition coefficient (Wildman–Crippen LogP) is 2.63. The lowest BCUT2D eigenvalue weighted by atomic mass is 10.0. The second-order valence-corrected chi connectivity index (χ2v) is 4.41. The van der Waals surface area contributed by atoms with Crippen LogP contribution in [0.4, 0.5) is 5.88 Å². The fraction of sp³-hybridized carbons (Fsp3) is 0.143. The third kappa shape index (κ3) is 1.91. The quantitative estimate of drug-likeness (QED) is 0.763. The monoisotopic (exact) mass is 270 g/mol. The Labute approximate surface area is 115 Å². The van der Waals surface area contributed by atoms with E-state index in [-0.39, 0.29) is 5.88 Å². The van der Waals surface area contributed by atoms with Gasteiger partial charge in [0, 0.05) is 11.3 Å². The van der Waals surface area contributed by atoms with Crippen LogP contribution in [0.3, 0.4) is 0 Å². The van der Waals surface area contributed by atoms with Gasteiger partial charge < -0.3 is 15.0 Å². The van der Waals surface area contributed by atoms with Crippen LogP contribution in [0.2, 0.25) is 0 Å². The third-order valence-electron chi connectivity index (χ3n) is 3.18. The minimum absolute atomic E-state index is 0.283. The second kappa shape index (κ2) is 4.73. The first-order chi connectivity index (χ1) is 9.70. The minimum atomic E-state index is 0.283. The van der Waals surface area contributed by atoms with E-state index < -0.39 is 0 Å². The number of aryl methyl sites for hydroxylation is 1. The van der Waals surface area contributed by atoms with E-state index in [2.05, 4.69) is 15.4 Å². The molecule has 102 valence electrons. The smallest absolute Gasteiger partial charge is 0.230 e. The molecule has 2 aromatic heterocycles. The van der Waals surface area contributed by atoms with Gasteiger partial charge in [-0.2, -0.15) is 5.10 Å². The van der Waals surface area contributed by atoms with Crippen molar-refractivity contribution in [3.8, 4) is 28.1 Å². The number of methoxy groups -OCH3 is 1. The molecule has 0 aliphatic rings. The Balaban J connectivity index is 2.13. The van der Waals surface area contributed by atoms with Gasteiger partial charge in [-0.1, -0.05) is 17.3 Å². The number of H-pyrrole nitrogens is 1. The van der Waals surface area contributed by atoms with E-state index in [1.54, 1.807) is 13.3 Å². The van der Waals surface area contributed by atoms with Crippen LogP contribution in [0.5, 0.6) is 5.75 Å². The van der Waals surface area contributed by atoms with Gasteiger partial charge in [-0.15, -0.1) is 0 Å².